The Morgan fingerprint density at radius 3 is 2.84 bits per heavy atom. The number of hydrogen-bond donors (Lipinski definition) is 1. The Balaban J connectivity index is 1.33. The summed E-state index contributed by atoms with van der Waals surface area (Å²) < 4.78 is 58.9. The first-order valence-corrected chi connectivity index (χ1v) is 15.6. The molecular weight excluding hydrogens is 571 g/mol. The van der Waals surface area contributed by atoms with Gasteiger partial charge in [0, 0.05) is 25.1 Å². The molecule has 0 spiro atoms. The minimum Gasteiger partial charge on any atom is -0.508 e. The zero-order valence-corrected chi connectivity index (χ0v) is 24.6. The van der Waals surface area contributed by atoms with Gasteiger partial charge in [-0.25, -0.2) is 18.2 Å². The Morgan fingerprint density at radius 2 is 1.98 bits per heavy atom. The van der Waals surface area contributed by atoms with Crippen molar-refractivity contribution in [2.24, 2.45) is 0 Å². The third-order valence-corrected chi connectivity index (χ3v) is 10.0. The van der Waals surface area contributed by atoms with Crippen LogP contribution in [-0.2, 0) is 6.42 Å². The predicted octanol–water partition coefficient (Wildman–Crippen LogP) is 6.10. The summed E-state index contributed by atoms with van der Waals surface area (Å²) in [5.41, 5.74) is 0.119. The number of anilines is 1. The van der Waals surface area contributed by atoms with Gasteiger partial charge in [0.1, 0.15) is 53.4 Å². The van der Waals surface area contributed by atoms with Crippen LogP contribution >= 0.6 is 0 Å². The number of aryl methyl sites for hydroxylation is 1. The van der Waals surface area contributed by atoms with Crippen LogP contribution in [0.2, 0.25) is 0 Å². The Hall–Kier alpha value is -3.86. The molecule has 1 N–H and O–H groups in total. The molecule has 2 aromatic carbocycles. The Kier molecular flexibility index (Phi) is 6.51. The van der Waals surface area contributed by atoms with Gasteiger partial charge in [-0.05, 0) is 79.6 Å². The van der Waals surface area contributed by atoms with E-state index in [2.05, 4.69) is 19.8 Å². The van der Waals surface area contributed by atoms with Crippen molar-refractivity contribution in [1.82, 2.24) is 19.9 Å². The van der Waals surface area contributed by atoms with Crippen LogP contribution in [0.3, 0.4) is 0 Å². The van der Waals surface area contributed by atoms with Crippen LogP contribution in [0.1, 0.15) is 51.0 Å². The van der Waals surface area contributed by atoms with E-state index in [4.69, 9.17) is 14.5 Å². The van der Waals surface area contributed by atoms with Gasteiger partial charge in [-0.3, -0.25) is 4.90 Å². The van der Waals surface area contributed by atoms with Gasteiger partial charge in [0.15, 0.2) is 5.82 Å². The summed E-state index contributed by atoms with van der Waals surface area (Å²) in [5.74, 6) is -0.545. The molecule has 4 aromatic rings. The molecule has 0 aliphatic carbocycles. The molecule has 0 amide bonds. The van der Waals surface area contributed by atoms with Crippen molar-refractivity contribution in [1.29, 1.82) is 0 Å². The van der Waals surface area contributed by atoms with Crippen molar-refractivity contribution in [3.8, 4) is 28.9 Å². The Labute approximate surface area is 252 Å². The highest BCUT2D eigenvalue weighted by Gasteiger charge is 2.49. The highest BCUT2D eigenvalue weighted by atomic mass is 19.1. The van der Waals surface area contributed by atoms with Crippen molar-refractivity contribution in [2.75, 3.05) is 37.7 Å². The number of pyridine rings is 1. The molecule has 8 rings (SSSR count). The molecule has 0 radical (unpaired) electrons. The van der Waals surface area contributed by atoms with Crippen LogP contribution in [0.15, 0.2) is 24.3 Å². The van der Waals surface area contributed by atoms with Gasteiger partial charge in [0.05, 0.1) is 11.6 Å². The molecule has 3 atom stereocenters. The number of phenolic OH excluding ortho intramolecular Hbond substituents is 1. The van der Waals surface area contributed by atoms with E-state index < -0.39 is 23.3 Å². The lowest BCUT2D eigenvalue weighted by Gasteiger charge is -2.35. The number of ether oxygens (including phenoxy) is 2. The number of benzene rings is 2. The van der Waals surface area contributed by atoms with E-state index in [-0.39, 0.29) is 47.1 Å². The summed E-state index contributed by atoms with van der Waals surface area (Å²) >= 11 is 0. The molecule has 4 aliphatic rings. The van der Waals surface area contributed by atoms with E-state index in [1.807, 2.05) is 6.92 Å². The highest BCUT2D eigenvalue weighted by molar-refractivity contribution is 6.03. The molecule has 230 valence electrons. The number of phenols is 1. The predicted molar refractivity (Wildman–Crippen MR) is 160 cm³/mol. The summed E-state index contributed by atoms with van der Waals surface area (Å²) in [4.78, 5) is 18.4. The van der Waals surface area contributed by atoms with Crippen molar-refractivity contribution in [3.63, 3.8) is 0 Å². The van der Waals surface area contributed by atoms with Crippen LogP contribution in [0.4, 0.5) is 19.0 Å². The van der Waals surface area contributed by atoms with E-state index >= 15 is 8.78 Å². The smallest absolute Gasteiger partial charge is 0.319 e. The maximum atomic E-state index is 16.9. The van der Waals surface area contributed by atoms with Crippen LogP contribution in [0.25, 0.3) is 32.9 Å². The molecule has 44 heavy (non-hydrogen) atoms. The monoisotopic (exact) mass is 605 g/mol. The first kappa shape index (κ1) is 27.7. The number of nitrogens with zero attached hydrogens (tertiary/aromatic N) is 5. The third kappa shape index (κ3) is 4.26. The Morgan fingerprint density at radius 1 is 1.09 bits per heavy atom. The van der Waals surface area contributed by atoms with E-state index in [0.717, 1.165) is 45.2 Å². The lowest BCUT2D eigenvalue weighted by Crippen LogP contribution is -2.44. The first-order valence-electron chi connectivity index (χ1n) is 15.6. The van der Waals surface area contributed by atoms with Gasteiger partial charge in [0.25, 0.3) is 0 Å². The summed E-state index contributed by atoms with van der Waals surface area (Å²) in [6.45, 7) is 4.32. The average Bonchev–Trinajstić information content (AvgIpc) is 3.49. The lowest BCUT2D eigenvalue weighted by atomic mass is 9.94. The molecule has 11 heteroatoms. The molecule has 6 heterocycles. The number of fused-ring (bicyclic) bond motifs is 4. The topological polar surface area (TPSA) is 83.8 Å². The number of halogens is 3. The largest absolute Gasteiger partial charge is 0.508 e. The lowest BCUT2D eigenvalue weighted by molar-refractivity contribution is 0.107. The number of alkyl halides is 1. The second kappa shape index (κ2) is 10.4. The van der Waals surface area contributed by atoms with Gasteiger partial charge < -0.3 is 19.5 Å². The third-order valence-electron chi connectivity index (χ3n) is 10.0. The van der Waals surface area contributed by atoms with E-state index in [1.165, 1.54) is 18.2 Å². The van der Waals surface area contributed by atoms with Gasteiger partial charge in [-0.15, -0.1) is 0 Å². The standard InChI is InChI=1S/C33H34F3N5O3/c1-2-22-24(35)8-7-18-12-21(42)13-23(25(18)22)28-27(36)29-26-30(41-11-4-3-6-20(41)16-43-31(26)37-28)39-32(38-29)44-17-33-9-5-10-40(33)15-19(34)14-33/h7-8,12-13,19-20,42H,2-6,9-11,14-17H2,1H3/t19-,20+,33+/m1/s1. The van der Waals surface area contributed by atoms with Crippen LogP contribution in [-0.4, -0.2) is 75.6 Å². The van der Waals surface area contributed by atoms with Crippen molar-refractivity contribution >= 4 is 27.5 Å². The van der Waals surface area contributed by atoms with Gasteiger partial charge in [-0.2, -0.15) is 9.97 Å². The minimum atomic E-state index is -0.907. The molecule has 8 nitrogen and oxygen atoms in total. The van der Waals surface area contributed by atoms with E-state index in [1.54, 1.807) is 6.07 Å². The summed E-state index contributed by atoms with van der Waals surface area (Å²) in [6, 6.07) is 5.90. The molecule has 0 saturated carbocycles. The molecule has 4 aliphatic heterocycles. The number of aromatic hydroxyl groups is 1. The van der Waals surface area contributed by atoms with Crippen molar-refractivity contribution in [2.45, 2.75) is 69.6 Å². The summed E-state index contributed by atoms with van der Waals surface area (Å²) in [6.07, 6.45) is 4.52. The number of piperidine rings is 1. The number of aromatic nitrogens is 3. The molecule has 2 aromatic heterocycles. The van der Waals surface area contributed by atoms with Crippen LogP contribution in [0, 0.1) is 11.6 Å². The van der Waals surface area contributed by atoms with Gasteiger partial charge in [-0.1, -0.05) is 13.0 Å². The molecular formula is C33H34F3N5O3. The SMILES string of the molecule is CCc1c(F)ccc2cc(O)cc(-c3nc4c5c(nc(OC[C@@]67CCCN6C[C@H](F)C7)nc5c3F)N3CCCC[C@H]3CO4)c12. The first-order chi connectivity index (χ1) is 21.3. The highest BCUT2D eigenvalue weighted by Crippen LogP contribution is 2.45. The van der Waals surface area contributed by atoms with E-state index in [9.17, 15) is 9.50 Å². The number of rotatable bonds is 5. The summed E-state index contributed by atoms with van der Waals surface area (Å²) in [5, 5.41) is 12.0. The van der Waals surface area contributed by atoms with Gasteiger partial charge in [0.2, 0.25) is 5.88 Å². The van der Waals surface area contributed by atoms with Crippen molar-refractivity contribution in [3.05, 3.63) is 41.5 Å². The molecule has 3 fully saturated rings. The van der Waals surface area contributed by atoms with Crippen LogP contribution < -0.4 is 14.4 Å². The molecule has 0 bridgehead atoms. The molecule has 3 saturated heterocycles. The zero-order valence-electron chi connectivity index (χ0n) is 24.6. The number of hydrogen-bond acceptors (Lipinski definition) is 8. The quantitative estimate of drug-likeness (QED) is 0.292. The van der Waals surface area contributed by atoms with E-state index in [0.29, 0.717) is 53.5 Å². The van der Waals surface area contributed by atoms with Crippen LogP contribution in [0.5, 0.6) is 17.6 Å². The average molecular weight is 606 g/mol. The van der Waals surface area contributed by atoms with Gasteiger partial charge >= 0.3 is 6.01 Å². The maximum Gasteiger partial charge on any atom is 0.319 e. The fraction of sp³-hybridized carbons (Fsp3) is 0.485. The minimum absolute atomic E-state index is 0.0160. The normalized spacial score (nSPS) is 24.8. The zero-order chi connectivity index (χ0) is 30.2. The molecule has 0 unspecified atom stereocenters. The maximum absolute atomic E-state index is 16.9. The second-order valence-corrected chi connectivity index (χ2v) is 12.6. The fourth-order valence-corrected chi connectivity index (χ4v) is 7.97. The van der Waals surface area contributed by atoms with Crippen molar-refractivity contribution < 1.29 is 27.8 Å². The second-order valence-electron chi connectivity index (χ2n) is 12.6. The summed E-state index contributed by atoms with van der Waals surface area (Å²) in [7, 11) is 0. The fourth-order valence-electron chi connectivity index (χ4n) is 7.97. The Bertz CT molecular complexity index is 1800.